The molecule has 1 atom stereocenters. The molecule has 0 fully saturated rings. The molecule has 408 valence electrons. The van der Waals surface area contributed by atoms with E-state index in [0.717, 1.165) is 37.9 Å². The quantitative estimate of drug-likeness (QED) is 0.0607. The van der Waals surface area contributed by atoms with E-state index in [1.807, 2.05) is 120 Å². The standard InChI is InChI=1S/C64H64BF9N2O2/c1-15-43-48(66)53(71)59(54(72)49(43)67)77-65(78-60-55(73)51(69)50(68)52(70)56(60)74)76-47(38-22-30-42(31-23-38)64(12,13)14)33-45(36-18-26-40(27-19-36)62(6,7)8)58(76)34(2)57-44(35-16-24-39(25-17-35)61(3,4)5)32-46(75-57)37-20-28-41(29-21-37)63(9,10)11/h16-33,46,75H,15H2,1-14H3/b57-34-. The van der Waals surface area contributed by atoms with Crippen LogP contribution in [0.4, 0.5) is 39.5 Å². The van der Waals surface area contributed by atoms with Crippen molar-refractivity contribution in [1.29, 1.82) is 0 Å². The molecule has 0 radical (unpaired) electrons. The summed E-state index contributed by atoms with van der Waals surface area (Å²) in [6.45, 7) is 27.7. The zero-order chi connectivity index (χ0) is 57.3. The molecule has 4 nitrogen and oxygen atoms in total. The molecule has 1 unspecified atom stereocenters. The second-order valence-corrected chi connectivity index (χ2v) is 24.1. The van der Waals surface area contributed by atoms with Crippen molar-refractivity contribution in [3.05, 3.63) is 212 Å². The highest BCUT2D eigenvalue weighted by molar-refractivity contribution is 6.46. The Labute approximate surface area is 452 Å². The van der Waals surface area contributed by atoms with Gasteiger partial charge in [-0.25, -0.2) is 22.0 Å². The van der Waals surface area contributed by atoms with Crippen LogP contribution in [0.3, 0.4) is 0 Å². The molecule has 0 bridgehead atoms. The molecular formula is C64H64BF9N2O2. The SMILES string of the molecule is CCc1c(F)c(F)c(OB(Oc2c(F)c(F)c(F)c(F)c2F)n2c(-c3ccc(C(C)(C)C)cc3)cc(-c3ccc(C(C)(C)C)cc3)c2/C(C)=C2\NC(c3ccc(C(C)(C)C)cc3)C=C2c2ccc(C(C)(C)C)cc2)c(F)c1F. The largest absolute Gasteiger partial charge is 0.743 e. The van der Waals surface area contributed by atoms with Gasteiger partial charge in [0, 0.05) is 33.8 Å². The van der Waals surface area contributed by atoms with Crippen molar-refractivity contribution in [1.82, 2.24) is 9.79 Å². The van der Waals surface area contributed by atoms with Crippen LogP contribution in [0.2, 0.25) is 0 Å². The molecule has 2 heterocycles. The van der Waals surface area contributed by atoms with Gasteiger partial charge in [0.2, 0.25) is 40.7 Å². The lowest BCUT2D eigenvalue weighted by atomic mass is 9.85. The van der Waals surface area contributed by atoms with Crippen molar-refractivity contribution in [3.8, 4) is 33.9 Å². The second-order valence-electron chi connectivity index (χ2n) is 24.1. The van der Waals surface area contributed by atoms with E-state index in [9.17, 15) is 4.39 Å². The van der Waals surface area contributed by atoms with Gasteiger partial charge < -0.3 is 19.1 Å². The third-order valence-corrected chi connectivity index (χ3v) is 14.5. The molecule has 78 heavy (non-hydrogen) atoms. The molecule has 0 saturated carbocycles. The first-order chi connectivity index (χ1) is 36.3. The van der Waals surface area contributed by atoms with E-state index in [1.165, 1.54) is 6.92 Å². The Hall–Kier alpha value is -7.09. The van der Waals surface area contributed by atoms with Gasteiger partial charge in [0.05, 0.1) is 6.04 Å². The van der Waals surface area contributed by atoms with E-state index < -0.39 is 89.1 Å². The van der Waals surface area contributed by atoms with Crippen LogP contribution in [-0.2, 0) is 28.1 Å². The lowest BCUT2D eigenvalue weighted by Crippen LogP contribution is -2.41. The number of allylic oxidation sites excluding steroid dienone is 2. The lowest BCUT2D eigenvalue weighted by molar-refractivity contribution is 0.313. The summed E-state index contributed by atoms with van der Waals surface area (Å²) in [5.74, 6) is -23.7. The predicted octanol–water partition coefficient (Wildman–Crippen LogP) is 18.0. The van der Waals surface area contributed by atoms with Gasteiger partial charge in [-0.3, -0.25) is 0 Å². The summed E-state index contributed by atoms with van der Waals surface area (Å²) < 4.78 is 155. The van der Waals surface area contributed by atoms with E-state index in [-0.39, 0.29) is 33.0 Å². The fourth-order valence-corrected chi connectivity index (χ4v) is 9.66. The first kappa shape index (κ1) is 57.1. The maximum absolute atomic E-state index is 16.5. The topological polar surface area (TPSA) is 35.4 Å². The van der Waals surface area contributed by atoms with Crippen molar-refractivity contribution in [2.45, 2.75) is 131 Å². The molecule has 0 amide bonds. The van der Waals surface area contributed by atoms with Crippen molar-refractivity contribution >= 4 is 18.4 Å². The summed E-state index contributed by atoms with van der Waals surface area (Å²) in [5, 5.41) is 3.70. The Balaban J connectivity index is 1.52. The molecule has 14 heteroatoms. The number of halogens is 9. The number of aromatic nitrogens is 1. The Bertz CT molecular complexity index is 3420. The fourth-order valence-electron chi connectivity index (χ4n) is 9.66. The third kappa shape index (κ3) is 10.9. The van der Waals surface area contributed by atoms with Gasteiger partial charge in [-0.1, -0.05) is 187 Å². The molecule has 1 aliphatic rings. The summed E-state index contributed by atoms with van der Waals surface area (Å²) in [5.41, 5.74) is 6.52. The van der Waals surface area contributed by atoms with Gasteiger partial charge >= 0.3 is 7.25 Å². The second kappa shape index (κ2) is 20.9. The number of hydrogen-bond donors (Lipinski definition) is 1. The van der Waals surface area contributed by atoms with Crippen LogP contribution in [-0.4, -0.2) is 11.7 Å². The van der Waals surface area contributed by atoms with Crippen molar-refractivity contribution in [3.63, 3.8) is 0 Å². The monoisotopic (exact) mass is 1070 g/mol. The smallest absolute Gasteiger partial charge is 0.502 e. The van der Waals surface area contributed by atoms with Crippen LogP contribution < -0.4 is 14.6 Å². The Kier molecular flexibility index (Phi) is 15.3. The number of hydrogen-bond acceptors (Lipinski definition) is 3. The molecular weight excluding hydrogens is 1010 g/mol. The average Bonchev–Trinajstić information content (AvgIpc) is 4.24. The van der Waals surface area contributed by atoms with Gasteiger partial charge in [-0.05, 0) is 97.2 Å². The highest BCUT2D eigenvalue weighted by atomic mass is 19.2. The summed E-state index contributed by atoms with van der Waals surface area (Å²) in [6.07, 6.45) is 1.54. The van der Waals surface area contributed by atoms with Gasteiger partial charge in [0.1, 0.15) is 0 Å². The lowest BCUT2D eigenvalue weighted by Gasteiger charge is -2.25. The number of nitrogens with zero attached hydrogens (tertiary/aromatic N) is 1. The number of benzene rings is 6. The Morgan fingerprint density at radius 2 is 0.846 bits per heavy atom. The van der Waals surface area contributed by atoms with E-state index in [0.29, 0.717) is 33.5 Å². The first-order valence-corrected chi connectivity index (χ1v) is 25.9. The van der Waals surface area contributed by atoms with Gasteiger partial charge in [0.25, 0.3) is 0 Å². The molecule has 1 N–H and O–H groups in total. The van der Waals surface area contributed by atoms with Crippen LogP contribution in [0.15, 0.2) is 115 Å². The van der Waals surface area contributed by atoms with Crippen LogP contribution in [0.5, 0.6) is 11.5 Å². The van der Waals surface area contributed by atoms with Crippen LogP contribution in [0.1, 0.15) is 148 Å². The van der Waals surface area contributed by atoms with E-state index in [2.05, 4.69) is 59.0 Å². The zero-order valence-electron chi connectivity index (χ0n) is 46.4. The Morgan fingerprint density at radius 3 is 1.24 bits per heavy atom. The first-order valence-electron chi connectivity index (χ1n) is 25.9. The Morgan fingerprint density at radius 1 is 0.487 bits per heavy atom. The van der Waals surface area contributed by atoms with Gasteiger partial charge in [-0.15, -0.1) is 0 Å². The van der Waals surface area contributed by atoms with Crippen LogP contribution >= 0.6 is 0 Å². The summed E-state index contributed by atoms with van der Waals surface area (Å²) >= 11 is 0. The van der Waals surface area contributed by atoms with Gasteiger partial charge in [-0.2, -0.15) is 17.6 Å². The maximum Gasteiger partial charge on any atom is 0.743 e. The highest BCUT2D eigenvalue weighted by Crippen LogP contribution is 2.45. The molecule has 0 saturated heterocycles. The van der Waals surface area contributed by atoms with E-state index in [1.54, 1.807) is 25.1 Å². The minimum Gasteiger partial charge on any atom is -0.502 e. The fraction of sp³-hybridized carbons (Fsp3) is 0.312. The average molecular weight is 1080 g/mol. The maximum atomic E-state index is 16.5. The normalized spacial score (nSPS) is 14.9. The highest BCUT2D eigenvalue weighted by Gasteiger charge is 2.42. The van der Waals surface area contributed by atoms with Crippen LogP contribution in [0, 0.1) is 52.4 Å². The number of nitrogens with one attached hydrogen (secondary N) is 1. The third-order valence-electron chi connectivity index (χ3n) is 14.5. The zero-order valence-corrected chi connectivity index (χ0v) is 46.4. The summed E-state index contributed by atoms with van der Waals surface area (Å²) in [6, 6.07) is 31.9. The summed E-state index contributed by atoms with van der Waals surface area (Å²) in [4.78, 5) is 0. The predicted molar refractivity (Wildman–Crippen MR) is 294 cm³/mol. The minimum absolute atomic E-state index is 0.0634. The van der Waals surface area contributed by atoms with E-state index in [4.69, 9.17) is 9.31 Å². The summed E-state index contributed by atoms with van der Waals surface area (Å²) in [7, 11) is -2.71. The van der Waals surface area contributed by atoms with Crippen molar-refractivity contribution < 1.29 is 48.8 Å². The van der Waals surface area contributed by atoms with Crippen molar-refractivity contribution in [2.75, 3.05) is 0 Å². The molecule has 6 aromatic carbocycles. The molecule has 1 aromatic heterocycles. The molecule has 8 rings (SSSR count). The number of rotatable bonds is 11. The molecule has 1 aliphatic heterocycles. The molecule has 0 aliphatic carbocycles. The van der Waals surface area contributed by atoms with E-state index >= 15 is 35.1 Å². The van der Waals surface area contributed by atoms with Crippen LogP contribution in [0.25, 0.3) is 33.5 Å². The molecule has 0 spiro atoms. The minimum atomic E-state index is -2.71. The van der Waals surface area contributed by atoms with Crippen molar-refractivity contribution in [2.24, 2.45) is 0 Å². The van der Waals surface area contributed by atoms with Gasteiger partial charge in [0.15, 0.2) is 23.1 Å². The molecule has 7 aromatic rings.